The second-order valence-electron chi connectivity index (χ2n) is 6.40. The van der Waals surface area contributed by atoms with Gasteiger partial charge in [-0.2, -0.15) is 0 Å². The molecule has 2 aromatic carbocycles. The van der Waals surface area contributed by atoms with Crippen molar-refractivity contribution in [3.8, 4) is 0 Å². The molecule has 0 saturated heterocycles. The maximum atomic E-state index is 12.3. The normalized spacial score (nSPS) is 11.7. The Balaban J connectivity index is 1.92. The summed E-state index contributed by atoms with van der Waals surface area (Å²) < 4.78 is 0. The number of hydrogen-bond acceptors (Lipinski definition) is 2. The molecule has 132 valence electrons. The van der Waals surface area contributed by atoms with Gasteiger partial charge in [-0.15, -0.1) is 0 Å². The maximum Gasteiger partial charge on any atom is 0.319 e. The molecule has 3 N–H and O–H groups in total. The third-order valence-corrected chi connectivity index (χ3v) is 3.68. The molecule has 1 atom stereocenters. The molecule has 2 aromatic rings. The Bertz CT molecular complexity index is 714. The van der Waals surface area contributed by atoms with Gasteiger partial charge in [0.2, 0.25) is 5.91 Å². The molecule has 0 heterocycles. The fourth-order valence-corrected chi connectivity index (χ4v) is 2.49. The van der Waals surface area contributed by atoms with E-state index in [9.17, 15) is 9.59 Å². The molecule has 0 aromatic heterocycles. The standard InChI is InChI=1S/C20H25N3O2/c1-14(2)21-20(25)23-18-11-7-10-17(13-18)22-19(24)12-15(3)16-8-5-4-6-9-16/h4-11,13-15H,12H2,1-3H3,(H,22,24)(H2,21,23,25). The number of anilines is 2. The molecule has 0 aliphatic carbocycles. The second-order valence-corrected chi connectivity index (χ2v) is 6.40. The van der Waals surface area contributed by atoms with Gasteiger partial charge >= 0.3 is 6.03 Å². The van der Waals surface area contributed by atoms with Gasteiger partial charge in [-0.1, -0.05) is 43.3 Å². The van der Waals surface area contributed by atoms with Crippen LogP contribution in [0.5, 0.6) is 0 Å². The first kappa shape index (κ1) is 18.5. The van der Waals surface area contributed by atoms with Crippen LogP contribution in [0.15, 0.2) is 54.6 Å². The zero-order valence-electron chi connectivity index (χ0n) is 14.9. The number of amides is 3. The number of urea groups is 1. The van der Waals surface area contributed by atoms with E-state index in [1.165, 1.54) is 0 Å². The summed E-state index contributed by atoms with van der Waals surface area (Å²) in [7, 11) is 0. The van der Waals surface area contributed by atoms with Crippen molar-refractivity contribution in [3.63, 3.8) is 0 Å². The maximum absolute atomic E-state index is 12.3. The van der Waals surface area contributed by atoms with Crippen LogP contribution >= 0.6 is 0 Å². The van der Waals surface area contributed by atoms with Crippen molar-refractivity contribution in [3.05, 3.63) is 60.2 Å². The first-order valence-corrected chi connectivity index (χ1v) is 8.46. The van der Waals surface area contributed by atoms with E-state index in [2.05, 4.69) is 16.0 Å². The van der Waals surface area contributed by atoms with Gasteiger partial charge in [0, 0.05) is 23.8 Å². The molecule has 0 fully saturated rings. The van der Waals surface area contributed by atoms with Crippen molar-refractivity contribution in [2.75, 3.05) is 10.6 Å². The van der Waals surface area contributed by atoms with E-state index in [4.69, 9.17) is 0 Å². The molecule has 5 nitrogen and oxygen atoms in total. The highest BCUT2D eigenvalue weighted by Crippen LogP contribution is 2.20. The topological polar surface area (TPSA) is 70.2 Å². The molecular formula is C20H25N3O2. The average molecular weight is 339 g/mol. The predicted molar refractivity (Wildman–Crippen MR) is 102 cm³/mol. The van der Waals surface area contributed by atoms with Gasteiger partial charge in [-0.25, -0.2) is 4.79 Å². The lowest BCUT2D eigenvalue weighted by Gasteiger charge is -2.13. The van der Waals surface area contributed by atoms with E-state index in [1.807, 2.05) is 51.1 Å². The lowest BCUT2D eigenvalue weighted by atomic mass is 9.97. The van der Waals surface area contributed by atoms with E-state index in [0.717, 1.165) is 5.56 Å². The van der Waals surface area contributed by atoms with Crippen LogP contribution in [0.4, 0.5) is 16.2 Å². The van der Waals surface area contributed by atoms with E-state index >= 15 is 0 Å². The largest absolute Gasteiger partial charge is 0.336 e. The molecule has 0 spiro atoms. The summed E-state index contributed by atoms with van der Waals surface area (Å²) >= 11 is 0. The van der Waals surface area contributed by atoms with Crippen molar-refractivity contribution < 1.29 is 9.59 Å². The highest BCUT2D eigenvalue weighted by molar-refractivity contribution is 5.93. The summed E-state index contributed by atoms with van der Waals surface area (Å²) in [4.78, 5) is 24.0. The minimum Gasteiger partial charge on any atom is -0.336 e. The summed E-state index contributed by atoms with van der Waals surface area (Å²) in [6.45, 7) is 5.82. The Hall–Kier alpha value is -2.82. The molecule has 5 heteroatoms. The fraction of sp³-hybridized carbons (Fsp3) is 0.300. The minimum absolute atomic E-state index is 0.0554. The number of hydrogen-bond donors (Lipinski definition) is 3. The van der Waals surface area contributed by atoms with Gasteiger partial charge in [0.1, 0.15) is 0 Å². The summed E-state index contributed by atoms with van der Waals surface area (Å²) in [5, 5.41) is 8.40. The van der Waals surface area contributed by atoms with E-state index in [1.54, 1.807) is 24.3 Å². The monoisotopic (exact) mass is 339 g/mol. The highest BCUT2D eigenvalue weighted by atomic mass is 16.2. The van der Waals surface area contributed by atoms with Gasteiger partial charge in [-0.05, 0) is 43.5 Å². The molecule has 0 saturated carbocycles. The van der Waals surface area contributed by atoms with E-state index in [0.29, 0.717) is 17.8 Å². The van der Waals surface area contributed by atoms with Crippen LogP contribution in [0, 0.1) is 0 Å². The molecule has 0 aliphatic rings. The predicted octanol–water partition coefficient (Wildman–Crippen LogP) is 4.35. The zero-order valence-corrected chi connectivity index (χ0v) is 14.9. The van der Waals surface area contributed by atoms with Crippen LogP contribution < -0.4 is 16.0 Å². The second kappa shape index (κ2) is 8.87. The van der Waals surface area contributed by atoms with Crippen molar-refractivity contribution in [1.82, 2.24) is 5.32 Å². The molecule has 25 heavy (non-hydrogen) atoms. The number of rotatable bonds is 6. The van der Waals surface area contributed by atoms with Gasteiger partial charge in [0.25, 0.3) is 0 Å². The Morgan fingerprint density at radius 2 is 1.52 bits per heavy atom. The molecular weight excluding hydrogens is 314 g/mol. The van der Waals surface area contributed by atoms with Gasteiger partial charge in [0.15, 0.2) is 0 Å². The number of carbonyl (C=O) groups excluding carboxylic acids is 2. The summed E-state index contributed by atoms with van der Waals surface area (Å²) in [6, 6.07) is 16.9. The Morgan fingerprint density at radius 1 is 0.880 bits per heavy atom. The average Bonchev–Trinajstić information content (AvgIpc) is 2.55. The smallest absolute Gasteiger partial charge is 0.319 e. The first-order chi connectivity index (χ1) is 11.9. The third kappa shape index (κ3) is 6.30. The molecule has 0 aliphatic heterocycles. The summed E-state index contributed by atoms with van der Waals surface area (Å²) in [5.74, 6) is 0.0828. The number of carbonyl (C=O) groups is 2. The van der Waals surface area contributed by atoms with Gasteiger partial charge in [-0.3, -0.25) is 4.79 Å². The molecule has 0 radical (unpaired) electrons. The van der Waals surface area contributed by atoms with E-state index < -0.39 is 0 Å². The van der Waals surface area contributed by atoms with Crippen LogP contribution in [0.2, 0.25) is 0 Å². The minimum atomic E-state index is -0.267. The van der Waals surface area contributed by atoms with Crippen LogP contribution in [0.1, 0.15) is 38.7 Å². The summed E-state index contributed by atoms with van der Waals surface area (Å²) in [6.07, 6.45) is 0.398. The molecule has 2 rings (SSSR count). The van der Waals surface area contributed by atoms with Gasteiger partial charge < -0.3 is 16.0 Å². The Labute approximate surface area is 148 Å². The van der Waals surface area contributed by atoms with Crippen LogP contribution in [-0.2, 0) is 4.79 Å². The lowest BCUT2D eigenvalue weighted by Crippen LogP contribution is -2.34. The third-order valence-electron chi connectivity index (χ3n) is 3.68. The van der Waals surface area contributed by atoms with Gasteiger partial charge in [0.05, 0.1) is 0 Å². The zero-order chi connectivity index (χ0) is 18.2. The quantitative estimate of drug-likeness (QED) is 0.732. The molecule has 3 amide bonds. The van der Waals surface area contributed by atoms with Crippen LogP contribution in [0.3, 0.4) is 0 Å². The van der Waals surface area contributed by atoms with Crippen LogP contribution in [0.25, 0.3) is 0 Å². The summed E-state index contributed by atoms with van der Waals surface area (Å²) in [5.41, 5.74) is 2.43. The number of nitrogens with one attached hydrogen (secondary N) is 3. The fourth-order valence-electron chi connectivity index (χ4n) is 2.49. The highest BCUT2D eigenvalue weighted by Gasteiger charge is 2.11. The lowest BCUT2D eigenvalue weighted by molar-refractivity contribution is -0.116. The van der Waals surface area contributed by atoms with Crippen molar-refractivity contribution in [2.24, 2.45) is 0 Å². The van der Waals surface area contributed by atoms with Crippen LogP contribution in [-0.4, -0.2) is 18.0 Å². The molecule has 0 bridgehead atoms. The SMILES string of the molecule is CC(C)NC(=O)Nc1cccc(NC(=O)CC(C)c2ccccc2)c1. The Kier molecular flexibility index (Phi) is 6.57. The molecule has 1 unspecified atom stereocenters. The van der Waals surface area contributed by atoms with Crippen molar-refractivity contribution in [2.45, 2.75) is 39.2 Å². The Morgan fingerprint density at radius 3 is 2.16 bits per heavy atom. The van der Waals surface area contributed by atoms with E-state index in [-0.39, 0.29) is 23.9 Å². The van der Waals surface area contributed by atoms with Crippen molar-refractivity contribution in [1.29, 1.82) is 0 Å². The number of benzene rings is 2. The first-order valence-electron chi connectivity index (χ1n) is 8.46. The van der Waals surface area contributed by atoms with Crippen molar-refractivity contribution >= 4 is 23.3 Å².